The van der Waals surface area contributed by atoms with Crippen molar-refractivity contribution in [3.63, 3.8) is 0 Å². The number of hydrogen-bond donors (Lipinski definition) is 12. The van der Waals surface area contributed by atoms with E-state index in [0.29, 0.717) is 30.5 Å². The lowest BCUT2D eigenvalue weighted by molar-refractivity contribution is -0.348. The summed E-state index contributed by atoms with van der Waals surface area (Å²) in [6, 6.07) is 7.14. The fourth-order valence-corrected chi connectivity index (χ4v) is 16.1. The van der Waals surface area contributed by atoms with Gasteiger partial charge in [-0.15, -0.1) is 0 Å². The predicted octanol–water partition coefficient (Wildman–Crippen LogP) is 1.10. The molecule has 24 atom stereocenters. The lowest BCUT2D eigenvalue weighted by Gasteiger charge is -2.72. The summed E-state index contributed by atoms with van der Waals surface area (Å²) >= 11 is 0. The average molecular weight is 1060 g/mol. The fourth-order valence-electron chi connectivity index (χ4n) is 16.1. The van der Waals surface area contributed by atoms with Gasteiger partial charge in [0.2, 0.25) is 0 Å². The van der Waals surface area contributed by atoms with Gasteiger partial charge in [-0.25, -0.2) is 4.79 Å². The van der Waals surface area contributed by atoms with Crippen LogP contribution in [0, 0.1) is 50.2 Å². The van der Waals surface area contributed by atoms with Gasteiger partial charge in [-0.2, -0.15) is 0 Å². The molecule has 20 heteroatoms. The highest BCUT2D eigenvalue weighted by atomic mass is 16.7. The maximum Gasteiger partial charge on any atom is 0.340 e. The van der Waals surface area contributed by atoms with Gasteiger partial charge < -0.3 is 94.6 Å². The van der Waals surface area contributed by atoms with Crippen LogP contribution < -0.4 is 5.32 Å². The minimum Gasteiger partial charge on any atom is -0.461 e. The van der Waals surface area contributed by atoms with E-state index in [1.807, 2.05) is 12.1 Å². The van der Waals surface area contributed by atoms with Crippen LogP contribution in [-0.2, 0) is 33.2 Å². The van der Waals surface area contributed by atoms with Crippen molar-refractivity contribution in [1.82, 2.24) is 0 Å². The first-order valence-corrected chi connectivity index (χ1v) is 27.1. The summed E-state index contributed by atoms with van der Waals surface area (Å²) in [5.41, 5.74) is -0.482. The average Bonchev–Trinajstić information content (AvgIpc) is 3.35. The zero-order valence-electron chi connectivity index (χ0n) is 44.6. The molecule has 0 spiro atoms. The Morgan fingerprint density at radius 2 is 1.28 bits per heavy atom. The molecule has 12 N–H and O–H groups in total. The van der Waals surface area contributed by atoms with Crippen LogP contribution in [0.15, 0.2) is 35.9 Å². The maximum atomic E-state index is 13.7. The molecule has 0 amide bonds. The van der Waals surface area contributed by atoms with Crippen LogP contribution in [0.5, 0.6) is 0 Å². The number of aliphatic hydroxyl groups excluding tert-OH is 11. The third-order valence-corrected chi connectivity index (χ3v) is 20.6. The number of anilines is 1. The van der Waals surface area contributed by atoms with Crippen LogP contribution in [-0.4, -0.2) is 200 Å². The van der Waals surface area contributed by atoms with Crippen molar-refractivity contribution < 1.29 is 94.1 Å². The normalized spacial score (nSPS) is 49.2. The fraction of sp³-hybridized carbons (Fsp3) is 0.836. The van der Waals surface area contributed by atoms with E-state index >= 15 is 0 Å². The molecule has 0 radical (unpaired) electrons. The predicted molar refractivity (Wildman–Crippen MR) is 266 cm³/mol. The smallest absolute Gasteiger partial charge is 0.340 e. The second-order valence-electron chi connectivity index (χ2n) is 25.6. The van der Waals surface area contributed by atoms with Crippen molar-refractivity contribution in [3.05, 3.63) is 41.5 Å². The van der Waals surface area contributed by atoms with Gasteiger partial charge in [-0.05, 0) is 108 Å². The van der Waals surface area contributed by atoms with Gasteiger partial charge in [-0.3, -0.25) is 0 Å². The zero-order valence-corrected chi connectivity index (χ0v) is 44.6. The van der Waals surface area contributed by atoms with Gasteiger partial charge in [-0.1, -0.05) is 72.2 Å². The Labute approximate surface area is 439 Å². The van der Waals surface area contributed by atoms with Gasteiger partial charge >= 0.3 is 5.97 Å². The summed E-state index contributed by atoms with van der Waals surface area (Å²) in [7, 11) is 1.75. The highest BCUT2D eigenvalue weighted by Crippen LogP contribution is 2.76. The highest BCUT2D eigenvalue weighted by Gasteiger charge is 2.72. The van der Waals surface area contributed by atoms with E-state index in [4.69, 9.17) is 33.2 Å². The minimum absolute atomic E-state index is 0.117. The molecular weight excluding hydrogens is 979 g/mol. The molecule has 8 aliphatic rings. The van der Waals surface area contributed by atoms with Crippen LogP contribution in [0.1, 0.15) is 110 Å². The van der Waals surface area contributed by atoms with Gasteiger partial charge in [0.15, 0.2) is 18.9 Å². The number of fused-ring (bicyclic) bond motifs is 7. The van der Waals surface area contributed by atoms with Crippen LogP contribution in [0.2, 0.25) is 0 Å². The van der Waals surface area contributed by atoms with Gasteiger partial charge in [0.05, 0.1) is 49.1 Å². The van der Waals surface area contributed by atoms with Gasteiger partial charge in [0, 0.05) is 12.7 Å². The summed E-state index contributed by atoms with van der Waals surface area (Å²) in [4.78, 5) is 13.7. The second-order valence-corrected chi connectivity index (χ2v) is 25.6. The molecule has 1 aromatic rings. The van der Waals surface area contributed by atoms with Gasteiger partial charge in [0.25, 0.3) is 0 Å². The van der Waals surface area contributed by atoms with Crippen molar-refractivity contribution in [1.29, 1.82) is 0 Å². The number of benzene rings is 1. The SMILES string of the molecule is CNc1ccccc1C(=O)OCC12C(O)CC(C)(C)CC1C1=CCC3C4(C)CCC(OC5OC(COC6OC(COC7OCC(O)C(O)C7O)C(O)C(O)C6O)C(O)C(O)C5O)C(C)(C)C4CCC3(C)C1(C)CC2O. The molecule has 1 aromatic carbocycles. The maximum absolute atomic E-state index is 13.7. The number of carbonyl (C=O) groups excluding carboxylic acids is 1. The molecule has 20 nitrogen and oxygen atoms in total. The van der Waals surface area contributed by atoms with Crippen LogP contribution >= 0.6 is 0 Å². The van der Waals surface area contributed by atoms with E-state index < -0.39 is 140 Å². The van der Waals surface area contributed by atoms with E-state index in [1.165, 1.54) is 5.57 Å². The number of ether oxygens (including phenoxy) is 7. The molecule has 3 saturated heterocycles. The number of para-hydroxylation sites is 1. The number of aliphatic hydroxyl groups is 11. The zero-order chi connectivity index (χ0) is 54.5. The molecule has 0 aromatic heterocycles. The molecule has 4 saturated carbocycles. The summed E-state index contributed by atoms with van der Waals surface area (Å²) in [6.45, 7) is 14.3. The molecule has 5 aliphatic carbocycles. The second kappa shape index (κ2) is 20.9. The summed E-state index contributed by atoms with van der Waals surface area (Å²) in [5, 5.41) is 124. The van der Waals surface area contributed by atoms with Crippen LogP contribution in [0.3, 0.4) is 0 Å². The molecule has 0 bridgehead atoms. The Bertz CT molecular complexity index is 2230. The van der Waals surface area contributed by atoms with E-state index in [0.717, 1.165) is 32.1 Å². The van der Waals surface area contributed by atoms with Gasteiger partial charge in [0.1, 0.15) is 73.8 Å². The first-order valence-electron chi connectivity index (χ1n) is 27.1. The monoisotopic (exact) mass is 1060 g/mol. The standard InChI is InChI=1S/C55H85NO19/c1-50(2)19-28-27-13-14-34-52(5)17-16-37(51(3,4)33(52)15-18-53(34,6)54(27,7)21-36(59)55(28,35(58)20-50)25-72-46(68)26-11-9-10-12-29(26)56-8)75-49-45(67)42(64)40(62)32(74-49)24-71-48-44(66)41(63)39(61)31(73-48)23-70-47-43(65)38(60)30(57)22-69-47/h9-13,28,30-45,47-49,56-67H,14-25H2,1-8H3. The minimum atomic E-state index is -1.79. The molecule has 424 valence electrons. The van der Waals surface area contributed by atoms with Crippen molar-refractivity contribution in [2.75, 3.05) is 38.8 Å². The number of hydrogen-bond acceptors (Lipinski definition) is 20. The quantitative estimate of drug-likeness (QED) is 0.0792. The van der Waals surface area contributed by atoms with Crippen LogP contribution in [0.25, 0.3) is 0 Å². The number of esters is 1. The van der Waals surface area contributed by atoms with E-state index in [9.17, 15) is 61.0 Å². The van der Waals surface area contributed by atoms with Crippen molar-refractivity contribution in [2.24, 2.45) is 50.2 Å². The van der Waals surface area contributed by atoms with E-state index in [-0.39, 0.29) is 47.2 Å². The first-order chi connectivity index (χ1) is 35.2. The van der Waals surface area contributed by atoms with Crippen molar-refractivity contribution in [2.45, 2.75) is 204 Å². The first kappa shape index (κ1) is 57.2. The van der Waals surface area contributed by atoms with Crippen LogP contribution in [0.4, 0.5) is 5.69 Å². The number of carbonyl (C=O) groups is 1. The third-order valence-electron chi connectivity index (χ3n) is 20.6. The molecule has 75 heavy (non-hydrogen) atoms. The summed E-state index contributed by atoms with van der Waals surface area (Å²) in [5.74, 6) is -0.424. The van der Waals surface area contributed by atoms with Crippen molar-refractivity contribution >= 4 is 11.7 Å². The molecule has 7 fully saturated rings. The molecular formula is C55H85NO19. The Balaban J connectivity index is 0.887. The Morgan fingerprint density at radius 1 is 0.680 bits per heavy atom. The molecule has 3 aliphatic heterocycles. The highest BCUT2D eigenvalue weighted by molar-refractivity contribution is 5.95. The van der Waals surface area contributed by atoms with E-state index in [2.05, 4.69) is 59.9 Å². The lowest BCUT2D eigenvalue weighted by atomic mass is 9.33. The Hall–Kier alpha value is -2.45. The largest absolute Gasteiger partial charge is 0.461 e. The number of nitrogens with one attached hydrogen (secondary N) is 1. The molecule has 24 unspecified atom stereocenters. The number of rotatable bonds is 12. The Morgan fingerprint density at radius 3 is 1.95 bits per heavy atom. The van der Waals surface area contributed by atoms with Crippen molar-refractivity contribution in [3.8, 4) is 0 Å². The lowest BCUT2D eigenvalue weighted by Crippen LogP contribution is -2.69. The molecule has 9 rings (SSSR count). The topological polar surface area (TPSA) is 316 Å². The summed E-state index contributed by atoms with van der Waals surface area (Å²) in [6.07, 6.45) is -16.5. The third kappa shape index (κ3) is 9.53. The summed E-state index contributed by atoms with van der Waals surface area (Å²) < 4.78 is 41.3. The van der Waals surface area contributed by atoms with E-state index in [1.54, 1.807) is 19.2 Å². The molecule has 3 heterocycles. The number of allylic oxidation sites excluding steroid dienone is 2. The Kier molecular flexibility index (Phi) is 15.9.